The summed E-state index contributed by atoms with van der Waals surface area (Å²) in [5.41, 5.74) is 1.00. The van der Waals surface area contributed by atoms with Crippen LogP contribution in [-0.2, 0) is 0 Å². The molecule has 0 aliphatic rings. The minimum absolute atomic E-state index is 0. The number of furan rings is 1. The molecule has 0 radical (unpaired) electrons. The van der Waals surface area contributed by atoms with Crippen LogP contribution < -0.4 is 16.0 Å². The zero-order valence-electron chi connectivity index (χ0n) is 13.3. The number of anilines is 1. The number of nitrogens with one attached hydrogen (secondary N) is 3. The predicted molar refractivity (Wildman–Crippen MR) is 98.9 cm³/mol. The first-order valence-corrected chi connectivity index (χ1v) is 7.91. The van der Waals surface area contributed by atoms with Crippen molar-refractivity contribution in [1.29, 1.82) is 0 Å². The molecule has 1 unspecified atom stereocenters. The molecule has 1 heterocycles. The summed E-state index contributed by atoms with van der Waals surface area (Å²) >= 11 is 3.15. The van der Waals surface area contributed by atoms with Crippen LogP contribution in [0.5, 0.6) is 0 Å². The summed E-state index contributed by atoms with van der Waals surface area (Å²) in [6, 6.07) is 10.1. The zero-order valence-corrected chi connectivity index (χ0v) is 15.7. The number of hydrogen-bond acceptors (Lipinski definition) is 4. The molecule has 1 atom stereocenters. The number of amides is 2. The van der Waals surface area contributed by atoms with Crippen molar-refractivity contribution in [3.8, 4) is 0 Å². The molecule has 8 heteroatoms. The van der Waals surface area contributed by atoms with E-state index in [0.29, 0.717) is 22.5 Å². The van der Waals surface area contributed by atoms with Crippen LogP contribution in [0, 0.1) is 0 Å². The number of carbonyl (C=O) groups is 2. The van der Waals surface area contributed by atoms with Gasteiger partial charge in [0, 0.05) is 23.8 Å². The molecule has 24 heavy (non-hydrogen) atoms. The van der Waals surface area contributed by atoms with Crippen LogP contribution in [0.4, 0.5) is 5.69 Å². The van der Waals surface area contributed by atoms with E-state index in [-0.39, 0.29) is 36.0 Å². The Morgan fingerprint density at radius 3 is 2.58 bits per heavy atom. The minimum atomic E-state index is -0.378. The Hall–Kier alpha value is -1.83. The van der Waals surface area contributed by atoms with Crippen molar-refractivity contribution in [3.63, 3.8) is 0 Å². The third kappa shape index (κ3) is 5.67. The number of carbonyl (C=O) groups excluding carboxylic acids is 2. The molecule has 1 aromatic carbocycles. The van der Waals surface area contributed by atoms with Gasteiger partial charge in [0.15, 0.2) is 10.4 Å². The number of likely N-dealkylation sites (N-methyl/N-ethyl adjacent to an activating group) is 1. The maximum absolute atomic E-state index is 12.1. The summed E-state index contributed by atoms with van der Waals surface area (Å²) in [6.07, 6.45) is 0. The maximum Gasteiger partial charge on any atom is 0.291 e. The lowest BCUT2D eigenvalue weighted by Gasteiger charge is -2.12. The van der Waals surface area contributed by atoms with Gasteiger partial charge in [0.25, 0.3) is 11.8 Å². The second kappa shape index (κ2) is 9.46. The van der Waals surface area contributed by atoms with Gasteiger partial charge in [-0.2, -0.15) is 0 Å². The van der Waals surface area contributed by atoms with Gasteiger partial charge in [-0.05, 0) is 60.2 Å². The van der Waals surface area contributed by atoms with Crippen LogP contribution >= 0.6 is 28.3 Å². The second-order valence-corrected chi connectivity index (χ2v) is 5.82. The van der Waals surface area contributed by atoms with Gasteiger partial charge in [0.2, 0.25) is 0 Å². The van der Waals surface area contributed by atoms with Gasteiger partial charge in [-0.3, -0.25) is 9.59 Å². The third-order valence-corrected chi connectivity index (χ3v) is 3.67. The van der Waals surface area contributed by atoms with Gasteiger partial charge >= 0.3 is 0 Å². The van der Waals surface area contributed by atoms with Crippen LogP contribution in [0.25, 0.3) is 0 Å². The van der Waals surface area contributed by atoms with E-state index in [1.165, 1.54) is 0 Å². The quantitative estimate of drug-likeness (QED) is 0.676. The third-order valence-electron chi connectivity index (χ3n) is 3.24. The Labute approximate surface area is 154 Å². The maximum atomic E-state index is 12.1. The van der Waals surface area contributed by atoms with Crippen molar-refractivity contribution in [2.75, 3.05) is 18.9 Å². The molecule has 2 amide bonds. The van der Waals surface area contributed by atoms with Gasteiger partial charge in [-0.1, -0.05) is 6.07 Å². The van der Waals surface area contributed by atoms with E-state index in [9.17, 15) is 9.59 Å². The summed E-state index contributed by atoms with van der Waals surface area (Å²) in [7, 11) is 1.83. The summed E-state index contributed by atoms with van der Waals surface area (Å²) in [5.74, 6) is -0.379. The van der Waals surface area contributed by atoms with Crippen molar-refractivity contribution < 1.29 is 14.0 Å². The topological polar surface area (TPSA) is 83.4 Å². The first-order valence-electron chi connectivity index (χ1n) is 7.12. The van der Waals surface area contributed by atoms with Gasteiger partial charge in [0.05, 0.1) is 0 Å². The number of halogens is 2. The van der Waals surface area contributed by atoms with Crippen molar-refractivity contribution in [2.45, 2.75) is 13.0 Å². The van der Waals surface area contributed by atoms with Crippen LogP contribution in [0.1, 0.15) is 27.8 Å². The van der Waals surface area contributed by atoms with Crippen LogP contribution in [0.15, 0.2) is 45.5 Å². The normalized spacial score (nSPS) is 11.3. The smallest absolute Gasteiger partial charge is 0.291 e. The zero-order chi connectivity index (χ0) is 16.8. The fraction of sp³-hybridized carbons (Fsp3) is 0.250. The molecule has 0 bridgehead atoms. The Kier molecular flexibility index (Phi) is 7.97. The van der Waals surface area contributed by atoms with Crippen molar-refractivity contribution in [1.82, 2.24) is 10.6 Å². The van der Waals surface area contributed by atoms with E-state index in [2.05, 4.69) is 31.9 Å². The van der Waals surface area contributed by atoms with E-state index in [4.69, 9.17) is 4.42 Å². The molecular weight excluding hydrogens is 398 g/mol. The Morgan fingerprint density at radius 1 is 1.21 bits per heavy atom. The summed E-state index contributed by atoms with van der Waals surface area (Å²) in [5, 5.41) is 8.57. The highest BCUT2D eigenvalue weighted by Gasteiger charge is 2.12. The van der Waals surface area contributed by atoms with Gasteiger partial charge < -0.3 is 20.4 Å². The Bertz CT molecular complexity index is 705. The van der Waals surface area contributed by atoms with Gasteiger partial charge in [0.1, 0.15) is 0 Å². The summed E-state index contributed by atoms with van der Waals surface area (Å²) in [6.45, 7) is 2.49. The fourth-order valence-electron chi connectivity index (χ4n) is 1.82. The highest BCUT2D eigenvalue weighted by molar-refractivity contribution is 9.10. The van der Waals surface area contributed by atoms with E-state index in [1.807, 2.05) is 14.0 Å². The molecule has 2 aromatic rings. The Morgan fingerprint density at radius 2 is 1.96 bits per heavy atom. The van der Waals surface area contributed by atoms with Gasteiger partial charge in [-0.25, -0.2) is 0 Å². The largest absolute Gasteiger partial charge is 0.444 e. The molecular formula is C16H19BrClN3O3. The average molecular weight is 417 g/mol. The SMILES string of the molecule is CNC(C)CNC(=O)c1cccc(NC(=O)c2ccc(Br)o2)c1.Cl. The van der Waals surface area contributed by atoms with Crippen LogP contribution in [0.2, 0.25) is 0 Å². The lowest BCUT2D eigenvalue weighted by Crippen LogP contribution is -2.37. The van der Waals surface area contributed by atoms with E-state index >= 15 is 0 Å². The van der Waals surface area contributed by atoms with Crippen LogP contribution in [0.3, 0.4) is 0 Å². The molecule has 1 aromatic heterocycles. The minimum Gasteiger partial charge on any atom is -0.444 e. The molecule has 0 aliphatic carbocycles. The molecule has 0 saturated carbocycles. The number of hydrogen-bond donors (Lipinski definition) is 3. The summed E-state index contributed by atoms with van der Waals surface area (Å²) in [4.78, 5) is 24.1. The number of rotatable bonds is 6. The standard InChI is InChI=1S/C16H18BrN3O3.ClH/c1-10(18-2)9-19-15(21)11-4-3-5-12(8-11)20-16(22)13-6-7-14(17)23-13;/h3-8,10,18H,9H2,1-2H3,(H,19,21)(H,20,22);1H. The van der Waals surface area contributed by atoms with Crippen molar-refractivity contribution in [2.24, 2.45) is 0 Å². The molecule has 0 spiro atoms. The first kappa shape index (κ1) is 20.2. The predicted octanol–water partition coefficient (Wildman–Crippen LogP) is 3.05. The van der Waals surface area contributed by atoms with E-state index < -0.39 is 0 Å². The molecule has 2 rings (SSSR count). The van der Waals surface area contributed by atoms with Gasteiger partial charge in [-0.15, -0.1) is 12.4 Å². The second-order valence-electron chi connectivity index (χ2n) is 5.04. The number of benzene rings is 1. The Balaban J connectivity index is 0.00000288. The highest BCUT2D eigenvalue weighted by Crippen LogP contribution is 2.16. The monoisotopic (exact) mass is 415 g/mol. The summed E-state index contributed by atoms with van der Waals surface area (Å²) < 4.78 is 5.67. The van der Waals surface area contributed by atoms with E-state index in [0.717, 1.165) is 0 Å². The average Bonchev–Trinajstić information content (AvgIpc) is 2.99. The molecule has 0 saturated heterocycles. The fourth-order valence-corrected chi connectivity index (χ4v) is 2.12. The first-order chi connectivity index (χ1) is 11.0. The van der Waals surface area contributed by atoms with Crippen molar-refractivity contribution in [3.05, 3.63) is 52.4 Å². The van der Waals surface area contributed by atoms with E-state index in [1.54, 1.807) is 36.4 Å². The molecule has 6 nitrogen and oxygen atoms in total. The lowest BCUT2D eigenvalue weighted by molar-refractivity contribution is 0.0948. The lowest BCUT2D eigenvalue weighted by atomic mass is 10.2. The molecule has 0 aliphatic heterocycles. The molecule has 0 fully saturated rings. The molecule has 3 N–H and O–H groups in total. The molecule has 130 valence electrons. The van der Waals surface area contributed by atoms with Crippen LogP contribution in [-0.4, -0.2) is 31.4 Å². The highest BCUT2D eigenvalue weighted by atomic mass is 79.9. The van der Waals surface area contributed by atoms with Crippen molar-refractivity contribution >= 4 is 45.8 Å².